The molecular weight excluding hydrogens is 258 g/mol. The Labute approximate surface area is 128 Å². The summed E-state index contributed by atoms with van der Waals surface area (Å²) in [4.78, 5) is 0. The zero-order valence-corrected chi connectivity index (χ0v) is 13.4. The smallest absolute Gasteiger partial charge is 0.0796 e. The Kier molecular flexibility index (Phi) is 3.87. The highest BCUT2D eigenvalue weighted by molar-refractivity contribution is 5.36. The number of hydrogen-bond donors (Lipinski definition) is 2. The lowest BCUT2D eigenvalue weighted by Gasteiger charge is -2.49. The van der Waals surface area contributed by atoms with Gasteiger partial charge in [-0.2, -0.15) is 0 Å². The third kappa shape index (κ3) is 2.43. The lowest BCUT2D eigenvalue weighted by atomic mass is 9.59. The van der Waals surface area contributed by atoms with Crippen LogP contribution in [-0.2, 0) is 12.8 Å². The molecule has 0 aliphatic heterocycles. The van der Waals surface area contributed by atoms with E-state index in [4.69, 9.17) is 5.73 Å². The SMILES string of the molecule is CC(C)C1CCC(CN)(C2(O)Cc3ccccc3C2)CC1. The molecule has 0 amide bonds. The van der Waals surface area contributed by atoms with E-state index in [1.807, 2.05) is 0 Å². The van der Waals surface area contributed by atoms with E-state index < -0.39 is 5.60 Å². The molecule has 1 saturated carbocycles. The molecule has 0 radical (unpaired) electrons. The lowest BCUT2D eigenvalue weighted by Crippen LogP contribution is -2.55. The summed E-state index contributed by atoms with van der Waals surface area (Å²) in [6.45, 7) is 5.25. The third-order valence-electron chi connectivity index (χ3n) is 6.39. The normalized spacial score (nSPS) is 31.4. The second-order valence-corrected chi connectivity index (χ2v) is 7.72. The van der Waals surface area contributed by atoms with Crippen molar-refractivity contribution in [2.24, 2.45) is 23.0 Å². The third-order valence-corrected chi connectivity index (χ3v) is 6.39. The fourth-order valence-electron chi connectivity index (χ4n) is 4.69. The van der Waals surface area contributed by atoms with Gasteiger partial charge in [-0.25, -0.2) is 0 Å². The van der Waals surface area contributed by atoms with E-state index in [9.17, 15) is 5.11 Å². The molecule has 0 spiro atoms. The maximum absolute atomic E-state index is 11.4. The average Bonchev–Trinajstić information content (AvgIpc) is 2.84. The molecule has 1 fully saturated rings. The van der Waals surface area contributed by atoms with Gasteiger partial charge in [-0.15, -0.1) is 0 Å². The first-order valence-electron chi connectivity index (χ1n) is 8.49. The Morgan fingerprint density at radius 3 is 2.10 bits per heavy atom. The van der Waals surface area contributed by atoms with Gasteiger partial charge in [-0.05, 0) is 48.6 Å². The van der Waals surface area contributed by atoms with Crippen LogP contribution in [0.2, 0.25) is 0 Å². The van der Waals surface area contributed by atoms with E-state index in [-0.39, 0.29) is 5.41 Å². The molecule has 0 atom stereocenters. The maximum Gasteiger partial charge on any atom is 0.0796 e. The van der Waals surface area contributed by atoms with Crippen LogP contribution in [0.5, 0.6) is 0 Å². The topological polar surface area (TPSA) is 46.2 Å². The van der Waals surface area contributed by atoms with Gasteiger partial charge in [0.05, 0.1) is 5.60 Å². The number of benzene rings is 1. The molecule has 2 nitrogen and oxygen atoms in total. The molecule has 2 aliphatic rings. The van der Waals surface area contributed by atoms with Crippen molar-refractivity contribution in [1.82, 2.24) is 0 Å². The summed E-state index contributed by atoms with van der Waals surface area (Å²) in [7, 11) is 0. The summed E-state index contributed by atoms with van der Waals surface area (Å²) < 4.78 is 0. The highest BCUT2D eigenvalue weighted by Gasteiger charge is 2.53. The molecule has 2 heteroatoms. The minimum Gasteiger partial charge on any atom is -0.389 e. The zero-order chi connectivity index (χ0) is 15.1. The van der Waals surface area contributed by atoms with E-state index in [1.165, 1.54) is 24.0 Å². The van der Waals surface area contributed by atoms with E-state index in [2.05, 4.69) is 38.1 Å². The first-order chi connectivity index (χ1) is 10.00. The monoisotopic (exact) mass is 287 g/mol. The zero-order valence-electron chi connectivity index (χ0n) is 13.4. The van der Waals surface area contributed by atoms with E-state index in [0.717, 1.165) is 37.5 Å². The second kappa shape index (κ2) is 5.40. The summed E-state index contributed by atoms with van der Waals surface area (Å²) in [5, 5.41) is 11.4. The fourth-order valence-corrected chi connectivity index (χ4v) is 4.69. The Bertz CT molecular complexity index is 475. The van der Waals surface area contributed by atoms with Crippen LogP contribution in [-0.4, -0.2) is 17.3 Å². The van der Waals surface area contributed by atoms with Gasteiger partial charge in [-0.1, -0.05) is 38.1 Å². The molecule has 0 unspecified atom stereocenters. The van der Waals surface area contributed by atoms with Gasteiger partial charge in [0.15, 0.2) is 0 Å². The van der Waals surface area contributed by atoms with Crippen molar-refractivity contribution in [3.05, 3.63) is 35.4 Å². The molecule has 21 heavy (non-hydrogen) atoms. The molecule has 116 valence electrons. The van der Waals surface area contributed by atoms with E-state index in [1.54, 1.807) is 0 Å². The number of hydrogen-bond acceptors (Lipinski definition) is 2. The molecule has 0 aromatic heterocycles. The average molecular weight is 287 g/mol. The van der Waals surface area contributed by atoms with Crippen molar-refractivity contribution in [2.75, 3.05) is 6.54 Å². The summed E-state index contributed by atoms with van der Waals surface area (Å²) in [5.74, 6) is 1.55. The molecule has 2 aliphatic carbocycles. The highest BCUT2D eigenvalue weighted by Crippen LogP contribution is 2.52. The van der Waals surface area contributed by atoms with Crippen LogP contribution >= 0.6 is 0 Å². The first-order valence-corrected chi connectivity index (χ1v) is 8.49. The number of nitrogens with two attached hydrogens (primary N) is 1. The van der Waals surface area contributed by atoms with Gasteiger partial charge < -0.3 is 10.8 Å². The molecule has 3 N–H and O–H groups in total. The molecule has 3 rings (SSSR count). The van der Waals surface area contributed by atoms with Crippen LogP contribution in [0.4, 0.5) is 0 Å². The largest absolute Gasteiger partial charge is 0.389 e. The Morgan fingerprint density at radius 2 is 1.67 bits per heavy atom. The number of fused-ring (bicyclic) bond motifs is 1. The summed E-state index contributed by atoms with van der Waals surface area (Å²) in [6.07, 6.45) is 6.16. The van der Waals surface area contributed by atoms with Gasteiger partial charge in [0.1, 0.15) is 0 Å². The van der Waals surface area contributed by atoms with Crippen LogP contribution in [0.3, 0.4) is 0 Å². The van der Waals surface area contributed by atoms with Crippen molar-refractivity contribution in [1.29, 1.82) is 0 Å². The van der Waals surface area contributed by atoms with Crippen molar-refractivity contribution in [2.45, 2.75) is 58.0 Å². The van der Waals surface area contributed by atoms with Crippen LogP contribution in [0.1, 0.15) is 50.7 Å². The number of aliphatic hydroxyl groups is 1. The Morgan fingerprint density at radius 1 is 1.14 bits per heavy atom. The van der Waals surface area contributed by atoms with Gasteiger partial charge >= 0.3 is 0 Å². The van der Waals surface area contributed by atoms with Crippen molar-refractivity contribution < 1.29 is 5.11 Å². The van der Waals surface area contributed by atoms with Crippen molar-refractivity contribution >= 4 is 0 Å². The van der Waals surface area contributed by atoms with Crippen molar-refractivity contribution in [3.63, 3.8) is 0 Å². The Balaban J connectivity index is 1.82. The van der Waals surface area contributed by atoms with Crippen LogP contribution in [0, 0.1) is 17.3 Å². The van der Waals surface area contributed by atoms with Gasteiger partial charge in [-0.3, -0.25) is 0 Å². The predicted molar refractivity (Wildman–Crippen MR) is 87.1 cm³/mol. The molecule has 1 aromatic carbocycles. The minimum absolute atomic E-state index is 0.0859. The quantitative estimate of drug-likeness (QED) is 0.896. The van der Waals surface area contributed by atoms with Gasteiger partial charge in [0.2, 0.25) is 0 Å². The fraction of sp³-hybridized carbons (Fsp3) is 0.684. The summed E-state index contributed by atoms with van der Waals surface area (Å²) in [5.41, 5.74) is 8.12. The standard InChI is InChI=1S/C19H29NO/c1-14(2)15-7-9-18(13-20,10-8-15)19(21)11-16-5-3-4-6-17(16)12-19/h3-6,14-15,21H,7-13,20H2,1-2H3. The van der Waals surface area contributed by atoms with Gasteiger partial charge in [0.25, 0.3) is 0 Å². The lowest BCUT2D eigenvalue weighted by molar-refractivity contribution is -0.0998. The van der Waals surface area contributed by atoms with Crippen LogP contribution < -0.4 is 5.73 Å². The van der Waals surface area contributed by atoms with Crippen LogP contribution in [0.25, 0.3) is 0 Å². The molecule has 1 aromatic rings. The predicted octanol–water partition coefficient (Wildman–Crippen LogP) is 3.31. The van der Waals surface area contributed by atoms with Crippen molar-refractivity contribution in [3.8, 4) is 0 Å². The Hall–Kier alpha value is -0.860. The number of rotatable bonds is 3. The van der Waals surface area contributed by atoms with E-state index >= 15 is 0 Å². The van der Waals surface area contributed by atoms with E-state index in [0.29, 0.717) is 6.54 Å². The van der Waals surface area contributed by atoms with Crippen LogP contribution in [0.15, 0.2) is 24.3 Å². The summed E-state index contributed by atoms with van der Waals surface area (Å²) in [6, 6.07) is 8.49. The first kappa shape index (κ1) is 15.1. The highest BCUT2D eigenvalue weighted by atomic mass is 16.3. The molecular formula is C19H29NO. The second-order valence-electron chi connectivity index (χ2n) is 7.72. The molecule has 0 saturated heterocycles. The molecule has 0 bridgehead atoms. The van der Waals surface area contributed by atoms with Gasteiger partial charge in [0, 0.05) is 24.8 Å². The minimum atomic E-state index is -0.632. The molecule has 0 heterocycles. The summed E-state index contributed by atoms with van der Waals surface area (Å²) >= 11 is 0. The maximum atomic E-state index is 11.4.